The summed E-state index contributed by atoms with van der Waals surface area (Å²) < 4.78 is 4.86. The Morgan fingerprint density at radius 2 is 2.47 bits per heavy atom. The number of methoxy groups -OCH3 is 1. The van der Waals surface area contributed by atoms with E-state index in [0.29, 0.717) is 13.2 Å². The average molecular weight is 214 g/mol. The molecule has 1 aromatic rings. The lowest BCUT2D eigenvalue weighted by atomic mass is 10.4. The zero-order chi connectivity index (χ0) is 11.1. The van der Waals surface area contributed by atoms with E-state index in [2.05, 4.69) is 15.2 Å². The number of H-pyrrole nitrogens is 1. The van der Waals surface area contributed by atoms with Gasteiger partial charge in [-0.3, -0.25) is 9.89 Å². The third kappa shape index (κ3) is 3.30. The largest absolute Gasteiger partial charge is 0.395 e. The van der Waals surface area contributed by atoms with Crippen LogP contribution in [0.4, 0.5) is 0 Å². The monoisotopic (exact) mass is 214 g/mol. The maximum Gasteiger partial charge on any atom is 0.291 e. The first kappa shape index (κ1) is 11.6. The van der Waals surface area contributed by atoms with Gasteiger partial charge in [0.2, 0.25) is 5.82 Å². The molecule has 0 aromatic carbocycles. The smallest absolute Gasteiger partial charge is 0.291 e. The molecule has 0 unspecified atom stereocenters. The molecular weight excluding hydrogens is 200 g/mol. The summed E-state index contributed by atoms with van der Waals surface area (Å²) in [6.45, 7) is 0.989. The Morgan fingerprint density at radius 3 is 3.00 bits per heavy atom. The fourth-order valence-electron chi connectivity index (χ4n) is 1.10. The molecular formula is C8H14N4O3. The third-order valence-electron chi connectivity index (χ3n) is 1.84. The Labute approximate surface area is 87.1 Å². The number of carbonyl (C=O) groups is 1. The van der Waals surface area contributed by atoms with Crippen molar-refractivity contribution in [1.29, 1.82) is 0 Å². The normalized spacial score (nSPS) is 10.3. The summed E-state index contributed by atoms with van der Waals surface area (Å²) in [4.78, 5) is 16.9. The molecule has 0 saturated heterocycles. The van der Waals surface area contributed by atoms with Crippen molar-refractivity contribution in [3.8, 4) is 0 Å². The van der Waals surface area contributed by atoms with Crippen LogP contribution >= 0.6 is 0 Å². The number of nitrogens with zero attached hydrogens (tertiary/aromatic N) is 3. The van der Waals surface area contributed by atoms with Crippen molar-refractivity contribution in [1.82, 2.24) is 20.1 Å². The predicted molar refractivity (Wildman–Crippen MR) is 51.2 cm³/mol. The molecule has 0 aliphatic rings. The molecule has 7 nitrogen and oxygen atoms in total. The number of hydrogen-bond acceptors (Lipinski definition) is 5. The van der Waals surface area contributed by atoms with Crippen LogP contribution in [-0.2, 0) is 4.74 Å². The van der Waals surface area contributed by atoms with E-state index in [9.17, 15) is 4.79 Å². The van der Waals surface area contributed by atoms with Gasteiger partial charge in [-0.1, -0.05) is 0 Å². The second-order valence-electron chi connectivity index (χ2n) is 2.84. The van der Waals surface area contributed by atoms with Gasteiger partial charge in [0.1, 0.15) is 6.33 Å². The average Bonchev–Trinajstić information content (AvgIpc) is 2.76. The fourth-order valence-corrected chi connectivity index (χ4v) is 1.10. The minimum absolute atomic E-state index is 0.0937. The lowest BCUT2D eigenvalue weighted by molar-refractivity contribution is 0.0645. The van der Waals surface area contributed by atoms with E-state index in [1.807, 2.05) is 0 Å². The first-order valence-electron chi connectivity index (χ1n) is 4.54. The van der Waals surface area contributed by atoms with Gasteiger partial charge in [-0.15, -0.1) is 0 Å². The molecule has 1 aromatic heterocycles. The maximum atomic E-state index is 11.7. The van der Waals surface area contributed by atoms with Crippen LogP contribution in [0.25, 0.3) is 0 Å². The van der Waals surface area contributed by atoms with Gasteiger partial charge in [0, 0.05) is 20.2 Å². The van der Waals surface area contributed by atoms with Crippen LogP contribution in [0, 0.1) is 0 Å². The summed E-state index contributed by atoms with van der Waals surface area (Å²) in [5, 5.41) is 14.9. The maximum absolute atomic E-state index is 11.7. The number of ether oxygens (including phenoxy) is 1. The van der Waals surface area contributed by atoms with Crippen molar-refractivity contribution in [3.63, 3.8) is 0 Å². The molecule has 0 radical (unpaired) electrons. The summed E-state index contributed by atoms with van der Waals surface area (Å²) >= 11 is 0. The minimum atomic E-state index is -0.293. The molecule has 0 atom stereocenters. The van der Waals surface area contributed by atoms with Gasteiger partial charge in [-0.2, -0.15) is 5.10 Å². The molecule has 2 N–H and O–H groups in total. The number of nitrogens with one attached hydrogen (secondary N) is 1. The van der Waals surface area contributed by atoms with Gasteiger partial charge < -0.3 is 14.7 Å². The third-order valence-corrected chi connectivity index (χ3v) is 1.84. The molecule has 1 amide bonds. The van der Waals surface area contributed by atoms with Gasteiger partial charge in [-0.25, -0.2) is 4.98 Å². The molecule has 1 heterocycles. The highest BCUT2D eigenvalue weighted by atomic mass is 16.5. The highest BCUT2D eigenvalue weighted by Crippen LogP contribution is 1.97. The van der Waals surface area contributed by atoms with Crippen LogP contribution in [0.3, 0.4) is 0 Å². The predicted octanol–water partition coefficient (Wildman–Crippen LogP) is -1.11. The first-order chi connectivity index (χ1) is 7.29. The first-order valence-corrected chi connectivity index (χ1v) is 4.54. The topological polar surface area (TPSA) is 91.3 Å². The Bertz CT molecular complexity index is 288. The summed E-state index contributed by atoms with van der Waals surface area (Å²) in [5.41, 5.74) is 0. The molecule has 0 aliphatic carbocycles. The van der Waals surface area contributed by atoms with Crippen molar-refractivity contribution in [2.24, 2.45) is 0 Å². The molecule has 0 bridgehead atoms. The van der Waals surface area contributed by atoms with E-state index in [4.69, 9.17) is 9.84 Å². The molecule has 15 heavy (non-hydrogen) atoms. The minimum Gasteiger partial charge on any atom is -0.395 e. The van der Waals surface area contributed by atoms with Crippen LogP contribution in [0.1, 0.15) is 10.6 Å². The van der Waals surface area contributed by atoms with E-state index in [1.54, 1.807) is 7.11 Å². The summed E-state index contributed by atoms with van der Waals surface area (Å²) in [7, 11) is 1.55. The standard InChI is InChI=1S/C8H14N4O3/c1-15-5-3-12(2-4-13)8(14)7-9-6-10-11-7/h6,13H,2-5H2,1H3,(H,9,10,11). The number of hydrogen-bond donors (Lipinski definition) is 2. The fraction of sp³-hybridized carbons (Fsp3) is 0.625. The molecule has 1 rings (SSSR count). The number of amides is 1. The quantitative estimate of drug-likeness (QED) is 0.626. The molecule has 0 aliphatic heterocycles. The highest BCUT2D eigenvalue weighted by molar-refractivity contribution is 5.90. The Kier molecular flexibility index (Phi) is 4.72. The van der Waals surface area contributed by atoms with Crippen LogP contribution in [0.5, 0.6) is 0 Å². The zero-order valence-corrected chi connectivity index (χ0v) is 8.51. The molecule has 0 spiro atoms. The van der Waals surface area contributed by atoms with Crippen LogP contribution < -0.4 is 0 Å². The van der Waals surface area contributed by atoms with E-state index in [-0.39, 0.29) is 24.9 Å². The summed E-state index contributed by atoms with van der Waals surface area (Å²) in [5.74, 6) is -0.127. The van der Waals surface area contributed by atoms with E-state index in [1.165, 1.54) is 11.2 Å². The lowest BCUT2D eigenvalue weighted by Gasteiger charge is -2.19. The molecule has 0 saturated carbocycles. The zero-order valence-electron chi connectivity index (χ0n) is 8.51. The number of rotatable bonds is 6. The van der Waals surface area contributed by atoms with Crippen molar-refractivity contribution in [2.75, 3.05) is 33.4 Å². The van der Waals surface area contributed by atoms with Gasteiger partial charge in [0.15, 0.2) is 0 Å². The van der Waals surface area contributed by atoms with Crippen LogP contribution in [-0.4, -0.2) is 64.5 Å². The second kappa shape index (κ2) is 6.10. The number of aliphatic hydroxyl groups excluding tert-OH is 1. The Morgan fingerprint density at radius 1 is 1.67 bits per heavy atom. The molecule has 0 fully saturated rings. The van der Waals surface area contributed by atoms with Gasteiger partial charge in [0.05, 0.1) is 13.2 Å². The number of carbonyl (C=O) groups excluding carboxylic acids is 1. The molecule has 7 heteroatoms. The van der Waals surface area contributed by atoms with Crippen molar-refractivity contribution >= 4 is 5.91 Å². The van der Waals surface area contributed by atoms with Crippen molar-refractivity contribution < 1.29 is 14.6 Å². The number of aromatic nitrogens is 3. The molecule has 84 valence electrons. The van der Waals surface area contributed by atoms with Crippen LogP contribution in [0.15, 0.2) is 6.33 Å². The lowest BCUT2D eigenvalue weighted by Crippen LogP contribution is -2.36. The van der Waals surface area contributed by atoms with Gasteiger partial charge >= 0.3 is 0 Å². The van der Waals surface area contributed by atoms with Gasteiger partial charge in [0.25, 0.3) is 5.91 Å². The summed E-state index contributed by atoms with van der Waals surface area (Å²) in [6, 6.07) is 0. The van der Waals surface area contributed by atoms with Crippen molar-refractivity contribution in [3.05, 3.63) is 12.2 Å². The highest BCUT2D eigenvalue weighted by Gasteiger charge is 2.17. The van der Waals surface area contributed by atoms with Crippen LogP contribution in [0.2, 0.25) is 0 Å². The Balaban J connectivity index is 2.58. The summed E-state index contributed by atoms with van der Waals surface area (Å²) in [6.07, 6.45) is 1.26. The van der Waals surface area contributed by atoms with E-state index in [0.717, 1.165) is 0 Å². The SMILES string of the molecule is COCCN(CCO)C(=O)c1ncn[nH]1. The Hall–Kier alpha value is -1.47. The number of aliphatic hydroxyl groups is 1. The second-order valence-corrected chi connectivity index (χ2v) is 2.84. The van der Waals surface area contributed by atoms with E-state index < -0.39 is 0 Å². The number of aromatic amines is 1. The van der Waals surface area contributed by atoms with Crippen molar-refractivity contribution in [2.45, 2.75) is 0 Å². The van der Waals surface area contributed by atoms with E-state index >= 15 is 0 Å². The van der Waals surface area contributed by atoms with Gasteiger partial charge in [-0.05, 0) is 0 Å².